The summed E-state index contributed by atoms with van der Waals surface area (Å²) in [4.78, 5) is 30.0. The number of carbonyl (C=O) groups is 2. The molecule has 0 saturated carbocycles. The zero-order chi connectivity index (χ0) is 23.6. The van der Waals surface area contributed by atoms with Gasteiger partial charge in [0.25, 0.3) is 21.8 Å². The molecule has 0 unspecified atom stereocenters. The highest BCUT2D eigenvalue weighted by molar-refractivity contribution is 7.90. The first-order chi connectivity index (χ1) is 15.8. The Balaban J connectivity index is 1.50. The van der Waals surface area contributed by atoms with Crippen LogP contribution in [0.3, 0.4) is 0 Å². The van der Waals surface area contributed by atoms with Gasteiger partial charge in [0.05, 0.1) is 4.90 Å². The van der Waals surface area contributed by atoms with Crippen molar-refractivity contribution in [3.05, 3.63) is 53.6 Å². The summed E-state index contributed by atoms with van der Waals surface area (Å²) in [5.41, 5.74) is 5.47. The highest BCUT2D eigenvalue weighted by Crippen LogP contribution is 2.30. The first-order valence-electron chi connectivity index (χ1n) is 10.5. The van der Waals surface area contributed by atoms with E-state index in [2.05, 4.69) is 20.6 Å². The number of benzene rings is 2. The van der Waals surface area contributed by atoms with Gasteiger partial charge in [-0.3, -0.25) is 30.2 Å². The number of amides is 2. The molecule has 0 spiro atoms. The largest absolute Gasteiger partial charge is 0.486 e. The Hall–Kier alpha value is -3.60. The van der Waals surface area contributed by atoms with E-state index in [1.807, 2.05) is 13.8 Å². The Morgan fingerprint density at radius 2 is 1.82 bits per heavy atom. The Kier molecular flexibility index (Phi) is 6.23. The van der Waals surface area contributed by atoms with E-state index in [9.17, 15) is 18.0 Å². The van der Waals surface area contributed by atoms with Crippen LogP contribution in [-0.2, 0) is 14.8 Å². The van der Waals surface area contributed by atoms with E-state index in [1.165, 1.54) is 12.1 Å². The van der Waals surface area contributed by atoms with Crippen molar-refractivity contribution in [2.45, 2.75) is 31.2 Å². The smallest absolute Gasteiger partial charge is 0.269 e. The Bertz CT molecular complexity index is 1230. The van der Waals surface area contributed by atoms with Gasteiger partial charge in [-0.15, -0.1) is 0 Å². The van der Waals surface area contributed by atoms with Crippen LogP contribution in [0.25, 0.3) is 0 Å². The molecule has 11 heteroatoms. The highest BCUT2D eigenvalue weighted by Gasteiger charge is 2.33. The van der Waals surface area contributed by atoms with Gasteiger partial charge in [0.2, 0.25) is 0 Å². The molecule has 4 rings (SSSR count). The molecule has 2 amide bonds. The Morgan fingerprint density at radius 3 is 2.58 bits per heavy atom. The molecule has 2 atom stereocenters. The van der Waals surface area contributed by atoms with E-state index in [1.54, 1.807) is 30.3 Å². The summed E-state index contributed by atoms with van der Waals surface area (Å²) in [5, 5.41) is 0. The molecule has 0 saturated heterocycles. The van der Waals surface area contributed by atoms with Crippen LogP contribution < -0.4 is 25.0 Å². The standard InChI is InChI=1S/C22H24N4O6S/c1-3-13(2)19(23-20-15-6-4-5-7-18(15)33(29,30)26-20)22(28)25-24-21(27)14-8-9-16-17(12-14)32-11-10-31-16/h4-9,12-13,19H,3,10-11H2,1-2H3,(H,23,26)(H,24,27)(H,25,28)/t13-,19-/m0/s1. The molecule has 33 heavy (non-hydrogen) atoms. The van der Waals surface area contributed by atoms with Crippen molar-refractivity contribution in [3.8, 4) is 11.5 Å². The van der Waals surface area contributed by atoms with Gasteiger partial charge in [-0.1, -0.05) is 32.4 Å². The number of aliphatic imine (C=N–C) groups is 1. The van der Waals surface area contributed by atoms with Crippen molar-refractivity contribution in [2.75, 3.05) is 13.2 Å². The summed E-state index contributed by atoms with van der Waals surface area (Å²) < 4.78 is 38.0. The van der Waals surface area contributed by atoms with Gasteiger partial charge in [-0.05, 0) is 36.2 Å². The zero-order valence-corrected chi connectivity index (χ0v) is 18.9. The summed E-state index contributed by atoms with van der Waals surface area (Å²) in [6.07, 6.45) is 0.610. The van der Waals surface area contributed by atoms with Crippen LogP contribution in [0, 0.1) is 5.92 Å². The van der Waals surface area contributed by atoms with E-state index < -0.39 is 27.9 Å². The van der Waals surface area contributed by atoms with E-state index in [-0.39, 0.29) is 22.2 Å². The molecular formula is C22H24N4O6S. The number of nitrogens with zero attached hydrogens (tertiary/aromatic N) is 1. The summed E-state index contributed by atoms with van der Waals surface area (Å²) in [6, 6.07) is 10.2. The van der Waals surface area contributed by atoms with E-state index in [0.29, 0.717) is 36.7 Å². The van der Waals surface area contributed by atoms with Crippen LogP contribution in [-0.4, -0.2) is 45.3 Å². The Morgan fingerprint density at radius 1 is 1.09 bits per heavy atom. The van der Waals surface area contributed by atoms with Crippen LogP contribution >= 0.6 is 0 Å². The van der Waals surface area contributed by atoms with Gasteiger partial charge in [0.15, 0.2) is 11.5 Å². The van der Waals surface area contributed by atoms with Crippen LogP contribution in [0.2, 0.25) is 0 Å². The SMILES string of the molecule is CC[C@H](C)[C@H](N=C1NS(=O)(=O)c2ccccc21)C(=O)NNC(=O)c1ccc2c(c1)OCCO2. The van der Waals surface area contributed by atoms with Crippen molar-refractivity contribution in [1.82, 2.24) is 15.6 Å². The normalized spacial score (nSPS) is 18.5. The van der Waals surface area contributed by atoms with E-state index >= 15 is 0 Å². The maximum Gasteiger partial charge on any atom is 0.269 e. The summed E-state index contributed by atoms with van der Waals surface area (Å²) in [7, 11) is -3.73. The van der Waals surface area contributed by atoms with Crippen LogP contribution in [0.1, 0.15) is 36.2 Å². The van der Waals surface area contributed by atoms with Crippen molar-refractivity contribution < 1.29 is 27.5 Å². The lowest BCUT2D eigenvalue weighted by Crippen LogP contribution is -2.48. The fourth-order valence-electron chi connectivity index (χ4n) is 3.49. The minimum atomic E-state index is -3.73. The molecule has 2 aromatic rings. The number of ether oxygens (including phenoxy) is 2. The maximum atomic E-state index is 12.9. The van der Waals surface area contributed by atoms with Gasteiger partial charge >= 0.3 is 0 Å². The van der Waals surface area contributed by atoms with Gasteiger partial charge in [-0.2, -0.15) is 0 Å². The van der Waals surface area contributed by atoms with Crippen LogP contribution in [0.5, 0.6) is 11.5 Å². The number of amidine groups is 1. The molecule has 10 nitrogen and oxygen atoms in total. The highest BCUT2D eigenvalue weighted by atomic mass is 32.2. The first kappa shape index (κ1) is 22.6. The quantitative estimate of drug-likeness (QED) is 0.563. The lowest BCUT2D eigenvalue weighted by molar-refractivity contribution is -0.124. The number of fused-ring (bicyclic) bond motifs is 2. The predicted octanol–water partition coefficient (Wildman–Crippen LogP) is 1.37. The fraction of sp³-hybridized carbons (Fsp3) is 0.318. The van der Waals surface area contributed by atoms with Gasteiger partial charge < -0.3 is 9.47 Å². The lowest BCUT2D eigenvalue weighted by atomic mass is 9.99. The maximum absolute atomic E-state index is 12.9. The second-order valence-electron chi connectivity index (χ2n) is 7.71. The average molecular weight is 473 g/mol. The predicted molar refractivity (Wildman–Crippen MR) is 120 cm³/mol. The van der Waals surface area contributed by atoms with E-state index in [0.717, 1.165) is 0 Å². The summed E-state index contributed by atoms with van der Waals surface area (Å²) >= 11 is 0. The molecule has 3 N–H and O–H groups in total. The molecule has 2 heterocycles. The van der Waals surface area contributed by atoms with Gasteiger partial charge in [0.1, 0.15) is 25.1 Å². The van der Waals surface area contributed by atoms with Crippen LogP contribution in [0.15, 0.2) is 52.4 Å². The van der Waals surface area contributed by atoms with Crippen molar-refractivity contribution in [1.29, 1.82) is 0 Å². The molecule has 0 fully saturated rings. The second-order valence-corrected chi connectivity index (χ2v) is 9.36. The third-order valence-electron chi connectivity index (χ3n) is 5.49. The average Bonchev–Trinajstić information content (AvgIpc) is 3.09. The van der Waals surface area contributed by atoms with Gasteiger partial charge in [-0.25, -0.2) is 8.42 Å². The number of sulfonamides is 1. The first-order valence-corrected chi connectivity index (χ1v) is 12.0. The number of nitrogens with one attached hydrogen (secondary N) is 3. The molecule has 174 valence electrons. The number of carbonyl (C=O) groups excluding carboxylic acids is 2. The number of rotatable bonds is 5. The fourth-order valence-corrected chi connectivity index (χ4v) is 4.72. The lowest BCUT2D eigenvalue weighted by Gasteiger charge is -2.20. The van der Waals surface area contributed by atoms with Crippen molar-refractivity contribution >= 4 is 27.7 Å². The monoisotopic (exact) mass is 472 g/mol. The third-order valence-corrected chi connectivity index (χ3v) is 6.88. The third kappa shape index (κ3) is 4.63. The van der Waals surface area contributed by atoms with Crippen molar-refractivity contribution in [2.24, 2.45) is 10.9 Å². The van der Waals surface area contributed by atoms with Crippen molar-refractivity contribution in [3.63, 3.8) is 0 Å². The minimum absolute atomic E-state index is 0.101. The summed E-state index contributed by atoms with van der Waals surface area (Å²) in [5.74, 6) is -0.218. The molecule has 2 aliphatic heterocycles. The topological polar surface area (TPSA) is 135 Å². The molecule has 2 aliphatic rings. The summed E-state index contributed by atoms with van der Waals surface area (Å²) in [6.45, 7) is 4.55. The molecular weight excluding hydrogens is 448 g/mol. The van der Waals surface area contributed by atoms with Crippen LogP contribution in [0.4, 0.5) is 0 Å². The minimum Gasteiger partial charge on any atom is -0.486 e. The number of hydrazine groups is 1. The van der Waals surface area contributed by atoms with Gasteiger partial charge in [0, 0.05) is 11.1 Å². The zero-order valence-electron chi connectivity index (χ0n) is 18.1. The molecule has 0 aromatic heterocycles. The molecule has 2 aromatic carbocycles. The number of hydrogen-bond donors (Lipinski definition) is 3. The molecule has 0 aliphatic carbocycles. The molecule has 0 bridgehead atoms. The number of hydrogen-bond acceptors (Lipinski definition) is 7. The van der Waals surface area contributed by atoms with E-state index in [4.69, 9.17) is 9.47 Å². The second kappa shape index (κ2) is 9.10. The Labute approximate surface area is 191 Å². The molecule has 0 radical (unpaired) electrons.